The molecule has 1 unspecified atom stereocenters. The molecule has 2 aromatic rings. The predicted octanol–water partition coefficient (Wildman–Crippen LogP) is 5.27. The van der Waals surface area contributed by atoms with Gasteiger partial charge in [-0.05, 0) is 62.9 Å². The Balaban J connectivity index is 1.92. The van der Waals surface area contributed by atoms with E-state index in [1.807, 2.05) is 29.2 Å². The molecule has 1 saturated heterocycles. The van der Waals surface area contributed by atoms with Crippen LogP contribution in [0.1, 0.15) is 34.1 Å². The van der Waals surface area contributed by atoms with Gasteiger partial charge in [0.25, 0.3) is 5.91 Å². The lowest BCUT2D eigenvalue weighted by Gasteiger charge is -2.26. The van der Waals surface area contributed by atoms with Crippen LogP contribution in [0.2, 0.25) is 0 Å². The van der Waals surface area contributed by atoms with E-state index in [2.05, 4.69) is 31.9 Å². The van der Waals surface area contributed by atoms with Gasteiger partial charge in [-0.1, -0.05) is 0 Å². The minimum Gasteiger partial charge on any atom is -0.497 e. The quantitative estimate of drug-likeness (QED) is 0.606. The van der Waals surface area contributed by atoms with Gasteiger partial charge in [0.2, 0.25) is 0 Å². The van der Waals surface area contributed by atoms with Crippen LogP contribution in [0.4, 0.5) is 0 Å². The molecular formula is C17H17Br2NO3S. The molecule has 24 heavy (non-hydrogen) atoms. The number of methoxy groups -OCH3 is 2. The summed E-state index contributed by atoms with van der Waals surface area (Å²) in [5, 5.41) is 0. The summed E-state index contributed by atoms with van der Waals surface area (Å²) in [7, 11) is 3.28. The van der Waals surface area contributed by atoms with E-state index in [0.717, 1.165) is 49.6 Å². The molecule has 1 aliphatic heterocycles. The second-order valence-electron chi connectivity index (χ2n) is 5.50. The highest BCUT2D eigenvalue weighted by Crippen LogP contribution is 2.41. The van der Waals surface area contributed by atoms with E-state index in [9.17, 15) is 4.79 Å². The number of nitrogens with zero attached hydrogens (tertiary/aromatic N) is 1. The van der Waals surface area contributed by atoms with Crippen LogP contribution in [0.3, 0.4) is 0 Å². The first-order valence-electron chi connectivity index (χ1n) is 7.53. The minimum atomic E-state index is 0.0259. The average molecular weight is 475 g/mol. The van der Waals surface area contributed by atoms with Crippen LogP contribution >= 0.6 is 43.2 Å². The van der Waals surface area contributed by atoms with Gasteiger partial charge < -0.3 is 14.4 Å². The van der Waals surface area contributed by atoms with Crippen molar-refractivity contribution < 1.29 is 14.3 Å². The van der Waals surface area contributed by atoms with Crippen LogP contribution in [0, 0.1) is 0 Å². The summed E-state index contributed by atoms with van der Waals surface area (Å²) < 4.78 is 12.6. The monoisotopic (exact) mass is 473 g/mol. The summed E-state index contributed by atoms with van der Waals surface area (Å²) in [4.78, 5) is 15.6. The molecule has 3 rings (SSSR count). The SMILES string of the molecule is COc1ccc(C2CCCN2C(=O)c2cc(Br)c(Br)s2)c(OC)c1. The highest BCUT2D eigenvalue weighted by molar-refractivity contribution is 9.13. The van der Waals surface area contributed by atoms with Crippen molar-refractivity contribution in [2.75, 3.05) is 20.8 Å². The van der Waals surface area contributed by atoms with Gasteiger partial charge >= 0.3 is 0 Å². The maximum atomic E-state index is 12.9. The van der Waals surface area contributed by atoms with E-state index >= 15 is 0 Å². The normalized spacial score (nSPS) is 17.2. The second-order valence-corrected chi connectivity index (χ2v) is 8.72. The Morgan fingerprint density at radius 1 is 1.25 bits per heavy atom. The van der Waals surface area contributed by atoms with Gasteiger partial charge in [0.15, 0.2) is 0 Å². The number of benzene rings is 1. The molecule has 1 aliphatic rings. The smallest absolute Gasteiger partial charge is 0.264 e. The van der Waals surface area contributed by atoms with Crippen molar-refractivity contribution in [3.8, 4) is 11.5 Å². The number of carbonyl (C=O) groups excluding carboxylic acids is 1. The molecule has 0 saturated carbocycles. The lowest BCUT2D eigenvalue weighted by atomic mass is 10.0. The number of amides is 1. The molecule has 1 fully saturated rings. The molecule has 1 aromatic carbocycles. The zero-order valence-corrected chi connectivity index (χ0v) is 17.3. The number of ether oxygens (including phenoxy) is 2. The van der Waals surface area contributed by atoms with E-state index in [-0.39, 0.29) is 11.9 Å². The molecule has 1 aromatic heterocycles. The topological polar surface area (TPSA) is 38.8 Å². The Hall–Kier alpha value is -1.05. The summed E-state index contributed by atoms with van der Waals surface area (Å²) >= 11 is 8.36. The predicted molar refractivity (Wildman–Crippen MR) is 102 cm³/mol. The minimum absolute atomic E-state index is 0.0259. The number of hydrogen-bond donors (Lipinski definition) is 0. The molecule has 0 spiro atoms. The molecule has 1 atom stereocenters. The van der Waals surface area contributed by atoms with Gasteiger partial charge in [-0.25, -0.2) is 0 Å². The Morgan fingerprint density at radius 3 is 2.67 bits per heavy atom. The summed E-state index contributed by atoms with van der Waals surface area (Å²) in [6.07, 6.45) is 1.92. The lowest BCUT2D eigenvalue weighted by molar-refractivity contribution is 0.0739. The van der Waals surface area contributed by atoms with Gasteiger partial charge in [0.05, 0.1) is 28.9 Å². The third-order valence-corrected chi connectivity index (χ3v) is 7.41. The van der Waals surface area contributed by atoms with Crippen LogP contribution in [-0.4, -0.2) is 31.6 Å². The maximum absolute atomic E-state index is 12.9. The third-order valence-electron chi connectivity index (χ3n) is 4.17. The first-order chi connectivity index (χ1) is 11.5. The van der Waals surface area contributed by atoms with Crippen LogP contribution in [-0.2, 0) is 0 Å². The Morgan fingerprint density at radius 2 is 2.04 bits per heavy atom. The third kappa shape index (κ3) is 3.34. The average Bonchev–Trinajstić information content (AvgIpc) is 3.20. The zero-order valence-electron chi connectivity index (χ0n) is 13.3. The van der Waals surface area contributed by atoms with E-state index in [1.165, 1.54) is 11.3 Å². The van der Waals surface area contributed by atoms with E-state index in [1.54, 1.807) is 14.2 Å². The standard InChI is InChI=1S/C17H17Br2NO3S/c1-22-10-5-6-11(14(8-10)23-2)13-4-3-7-20(13)17(21)15-9-12(18)16(19)24-15/h5-6,8-9,13H,3-4,7H2,1-2H3. The molecule has 1 amide bonds. The number of carbonyl (C=O) groups is 1. The largest absolute Gasteiger partial charge is 0.497 e. The molecule has 7 heteroatoms. The highest BCUT2D eigenvalue weighted by atomic mass is 79.9. The van der Waals surface area contributed by atoms with Crippen molar-refractivity contribution in [3.05, 3.63) is 43.0 Å². The van der Waals surface area contributed by atoms with Crippen molar-refractivity contribution in [1.82, 2.24) is 4.90 Å². The fraction of sp³-hybridized carbons (Fsp3) is 0.353. The highest BCUT2D eigenvalue weighted by Gasteiger charge is 2.33. The molecule has 128 valence electrons. The van der Waals surface area contributed by atoms with Crippen molar-refractivity contribution >= 4 is 49.1 Å². The molecular weight excluding hydrogens is 458 g/mol. The number of thiophene rings is 1. The summed E-state index contributed by atoms with van der Waals surface area (Å²) in [6.45, 7) is 0.756. The maximum Gasteiger partial charge on any atom is 0.264 e. The lowest BCUT2D eigenvalue weighted by Crippen LogP contribution is -2.30. The van der Waals surface area contributed by atoms with Crippen molar-refractivity contribution in [2.45, 2.75) is 18.9 Å². The van der Waals surface area contributed by atoms with Crippen LogP contribution in [0.25, 0.3) is 0 Å². The molecule has 4 nitrogen and oxygen atoms in total. The van der Waals surface area contributed by atoms with Crippen molar-refractivity contribution in [1.29, 1.82) is 0 Å². The van der Waals surface area contributed by atoms with Crippen LogP contribution in [0.15, 0.2) is 32.5 Å². The molecule has 2 heterocycles. The molecule has 0 N–H and O–H groups in total. The van der Waals surface area contributed by atoms with Gasteiger partial charge in [-0.15, -0.1) is 11.3 Å². The van der Waals surface area contributed by atoms with Gasteiger partial charge in [-0.3, -0.25) is 4.79 Å². The molecule has 0 radical (unpaired) electrons. The van der Waals surface area contributed by atoms with Gasteiger partial charge in [-0.2, -0.15) is 0 Å². The fourth-order valence-corrected chi connectivity index (χ4v) is 5.01. The van der Waals surface area contributed by atoms with Crippen molar-refractivity contribution in [2.24, 2.45) is 0 Å². The van der Waals surface area contributed by atoms with E-state index in [0.29, 0.717) is 0 Å². The van der Waals surface area contributed by atoms with E-state index in [4.69, 9.17) is 9.47 Å². The fourth-order valence-electron chi connectivity index (χ4n) is 3.02. The first kappa shape index (κ1) is 17.8. The summed E-state index contributed by atoms with van der Waals surface area (Å²) in [5.74, 6) is 1.57. The Kier molecular flexibility index (Phi) is 5.52. The number of halogens is 2. The Bertz CT molecular complexity index is 743. The van der Waals surface area contributed by atoms with Crippen LogP contribution < -0.4 is 9.47 Å². The first-order valence-corrected chi connectivity index (χ1v) is 9.93. The number of likely N-dealkylation sites (tertiary alicyclic amines) is 1. The zero-order chi connectivity index (χ0) is 17.3. The molecule has 0 bridgehead atoms. The van der Waals surface area contributed by atoms with Gasteiger partial charge in [0.1, 0.15) is 11.5 Å². The van der Waals surface area contributed by atoms with Gasteiger partial charge in [0, 0.05) is 22.6 Å². The summed E-state index contributed by atoms with van der Waals surface area (Å²) in [5.41, 5.74) is 1.03. The number of rotatable bonds is 4. The van der Waals surface area contributed by atoms with E-state index < -0.39 is 0 Å². The molecule has 0 aliphatic carbocycles. The summed E-state index contributed by atoms with van der Waals surface area (Å²) in [6, 6.07) is 7.68. The Labute approximate surface area is 162 Å². The number of hydrogen-bond acceptors (Lipinski definition) is 4. The van der Waals surface area contributed by atoms with Crippen molar-refractivity contribution in [3.63, 3.8) is 0 Å². The van der Waals surface area contributed by atoms with Crippen LogP contribution in [0.5, 0.6) is 11.5 Å². The second kappa shape index (κ2) is 7.45.